The van der Waals surface area contributed by atoms with Gasteiger partial charge in [0.05, 0.1) is 0 Å². The predicted molar refractivity (Wildman–Crippen MR) is 46.8 cm³/mol. The highest BCUT2D eigenvalue weighted by Gasteiger charge is 2.04. The SMILES string of the molecule is Nc1nnc(Cl)c2cccnc12. The summed E-state index contributed by atoms with van der Waals surface area (Å²) >= 11 is 5.76. The lowest BCUT2D eigenvalue weighted by Crippen LogP contribution is -1.96. The van der Waals surface area contributed by atoms with Gasteiger partial charge in [-0.15, -0.1) is 10.2 Å². The molecule has 4 nitrogen and oxygen atoms in total. The molecule has 2 rings (SSSR count). The predicted octanol–water partition coefficient (Wildman–Crippen LogP) is 1.26. The molecule has 2 aromatic rings. The average molecular weight is 181 g/mol. The van der Waals surface area contributed by atoms with E-state index in [1.165, 1.54) is 0 Å². The number of anilines is 1. The summed E-state index contributed by atoms with van der Waals surface area (Å²) < 4.78 is 0. The fourth-order valence-corrected chi connectivity index (χ4v) is 1.17. The summed E-state index contributed by atoms with van der Waals surface area (Å²) in [4.78, 5) is 4.03. The minimum Gasteiger partial charge on any atom is -0.380 e. The fourth-order valence-electron chi connectivity index (χ4n) is 0.975. The summed E-state index contributed by atoms with van der Waals surface area (Å²) in [6.07, 6.45) is 1.64. The molecule has 2 aromatic heterocycles. The quantitative estimate of drug-likeness (QED) is 0.663. The van der Waals surface area contributed by atoms with E-state index >= 15 is 0 Å². The van der Waals surface area contributed by atoms with Crippen molar-refractivity contribution in [3.8, 4) is 0 Å². The number of fused-ring (bicyclic) bond motifs is 1. The normalized spacial score (nSPS) is 10.4. The number of halogens is 1. The van der Waals surface area contributed by atoms with E-state index < -0.39 is 0 Å². The highest BCUT2D eigenvalue weighted by molar-refractivity contribution is 6.34. The van der Waals surface area contributed by atoms with Crippen molar-refractivity contribution in [1.29, 1.82) is 0 Å². The van der Waals surface area contributed by atoms with Crippen molar-refractivity contribution >= 4 is 28.3 Å². The lowest BCUT2D eigenvalue weighted by molar-refractivity contribution is 1.05. The van der Waals surface area contributed by atoms with Gasteiger partial charge < -0.3 is 5.73 Å². The van der Waals surface area contributed by atoms with Crippen molar-refractivity contribution in [1.82, 2.24) is 15.2 Å². The van der Waals surface area contributed by atoms with Gasteiger partial charge in [-0.25, -0.2) is 0 Å². The van der Waals surface area contributed by atoms with Crippen LogP contribution in [-0.4, -0.2) is 15.2 Å². The van der Waals surface area contributed by atoms with Crippen LogP contribution in [0.3, 0.4) is 0 Å². The van der Waals surface area contributed by atoms with Crippen LogP contribution in [0.1, 0.15) is 0 Å². The molecule has 5 heteroatoms. The van der Waals surface area contributed by atoms with Gasteiger partial charge in [-0.3, -0.25) is 4.98 Å². The minimum absolute atomic E-state index is 0.301. The van der Waals surface area contributed by atoms with E-state index in [9.17, 15) is 0 Å². The van der Waals surface area contributed by atoms with Crippen molar-refractivity contribution in [2.45, 2.75) is 0 Å². The van der Waals surface area contributed by atoms with Gasteiger partial charge in [0.25, 0.3) is 0 Å². The Morgan fingerprint density at radius 2 is 2.17 bits per heavy atom. The van der Waals surface area contributed by atoms with E-state index in [-0.39, 0.29) is 0 Å². The largest absolute Gasteiger partial charge is 0.380 e. The molecule has 0 unspecified atom stereocenters. The van der Waals surface area contributed by atoms with Crippen molar-refractivity contribution in [3.05, 3.63) is 23.5 Å². The monoisotopic (exact) mass is 180 g/mol. The van der Waals surface area contributed by atoms with Crippen molar-refractivity contribution < 1.29 is 0 Å². The van der Waals surface area contributed by atoms with Gasteiger partial charge in [-0.2, -0.15) is 0 Å². The molecule has 0 amide bonds. The van der Waals surface area contributed by atoms with E-state index in [0.717, 1.165) is 5.39 Å². The van der Waals surface area contributed by atoms with E-state index in [4.69, 9.17) is 17.3 Å². The van der Waals surface area contributed by atoms with Gasteiger partial charge >= 0.3 is 0 Å². The van der Waals surface area contributed by atoms with Crippen LogP contribution in [0.5, 0.6) is 0 Å². The Hall–Kier alpha value is -1.42. The van der Waals surface area contributed by atoms with Crippen LogP contribution in [0, 0.1) is 0 Å². The van der Waals surface area contributed by atoms with E-state index in [1.54, 1.807) is 18.3 Å². The molecule has 0 spiro atoms. The maximum Gasteiger partial charge on any atom is 0.172 e. The zero-order valence-corrected chi connectivity index (χ0v) is 6.78. The fraction of sp³-hybridized carbons (Fsp3) is 0. The lowest BCUT2D eigenvalue weighted by Gasteiger charge is -1.98. The molecule has 0 aliphatic rings. The van der Waals surface area contributed by atoms with Crippen molar-refractivity contribution in [3.63, 3.8) is 0 Å². The first-order valence-corrected chi connectivity index (χ1v) is 3.69. The molecule has 0 aliphatic carbocycles. The summed E-state index contributed by atoms with van der Waals surface area (Å²) in [7, 11) is 0. The molecule has 0 radical (unpaired) electrons. The highest BCUT2D eigenvalue weighted by atomic mass is 35.5. The Kier molecular flexibility index (Phi) is 1.55. The average Bonchev–Trinajstić information content (AvgIpc) is 2.12. The maximum atomic E-state index is 5.76. The number of hydrogen-bond acceptors (Lipinski definition) is 4. The molecule has 2 N–H and O–H groups in total. The van der Waals surface area contributed by atoms with Gasteiger partial charge in [0.15, 0.2) is 11.0 Å². The molecule has 0 saturated carbocycles. The molecule has 0 aliphatic heterocycles. The van der Waals surface area contributed by atoms with Crippen LogP contribution < -0.4 is 5.73 Å². The second-order valence-electron chi connectivity index (χ2n) is 2.28. The molecular weight excluding hydrogens is 176 g/mol. The van der Waals surface area contributed by atoms with Gasteiger partial charge in [0, 0.05) is 11.6 Å². The zero-order valence-electron chi connectivity index (χ0n) is 6.03. The summed E-state index contributed by atoms with van der Waals surface area (Å²) in [6, 6.07) is 3.57. The first-order valence-electron chi connectivity index (χ1n) is 3.31. The molecule has 0 fully saturated rings. The molecule has 0 bridgehead atoms. The van der Waals surface area contributed by atoms with Gasteiger partial charge in [0.1, 0.15) is 5.52 Å². The standard InChI is InChI=1S/C7H5ClN4/c8-6-4-2-1-3-10-5(4)7(9)12-11-6/h1-3H,(H2,9,12). The number of pyridine rings is 1. The van der Waals surface area contributed by atoms with Crippen molar-refractivity contribution in [2.75, 3.05) is 5.73 Å². The first kappa shape index (κ1) is 7.24. The molecule has 12 heavy (non-hydrogen) atoms. The Bertz CT molecular complexity index is 388. The molecule has 0 aromatic carbocycles. The third-order valence-electron chi connectivity index (χ3n) is 1.52. The number of nitrogens with zero attached hydrogens (tertiary/aromatic N) is 3. The molecule has 2 heterocycles. The third-order valence-corrected chi connectivity index (χ3v) is 1.80. The van der Waals surface area contributed by atoms with E-state index in [2.05, 4.69) is 15.2 Å². The zero-order chi connectivity index (χ0) is 8.55. The van der Waals surface area contributed by atoms with E-state index in [1.807, 2.05) is 0 Å². The van der Waals surface area contributed by atoms with Crippen LogP contribution in [0.15, 0.2) is 18.3 Å². The van der Waals surface area contributed by atoms with Crippen LogP contribution >= 0.6 is 11.6 Å². The lowest BCUT2D eigenvalue weighted by atomic mass is 10.3. The smallest absolute Gasteiger partial charge is 0.172 e. The van der Waals surface area contributed by atoms with E-state index in [0.29, 0.717) is 16.5 Å². The van der Waals surface area contributed by atoms with Crippen LogP contribution in [-0.2, 0) is 0 Å². The summed E-state index contributed by atoms with van der Waals surface area (Å²) in [6.45, 7) is 0. The summed E-state index contributed by atoms with van der Waals surface area (Å²) in [5.41, 5.74) is 6.13. The van der Waals surface area contributed by atoms with Gasteiger partial charge in [-0.05, 0) is 12.1 Å². The summed E-state index contributed by atoms with van der Waals surface area (Å²) in [5.74, 6) is 0.301. The summed E-state index contributed by atoms with van der Waals surface area (Å²) in [5, 5.41) is 8.35. The highest BCUT2D eigenvalue weighted by Crippen LogP contribution is 2.20. The molecule has 0 saturated heterocycles. The maximum absolute atomic E-state index is 5.76. The molecule has 60 valence electrons. The van der Waals surface area contributed by atoms with Crippen molar-refractivity contribution in [2.24, 2.45) is 0 Å². The first-order chi connectivity index (χ1) is 5.79. The number of hydrogen-bond donors (Lipinski definition) is 1. The Morgan fingerprint density at radius 3 is 2.92 bits per heavy atom. The number of rotatable bonds is 0. The second-order valence-corrected chi connectivity index (χ2v) is 2.63. The third kappa shape index (κ3) is 0.967. The number of nitrogen functional groups attached to an aromatic ring is 1. The second kappa shape index (κ2) is 2.57. The minimum atomic E-state index is 0.301. The van der Waals surface area contributed by atoms with Crippen LogP contribution in [0.4, 0.5) is 5.82 Å². The topological polar surface area (TPSA) is 64.7 Å². The number of nitrogens with two attached hydrogens (primary N) is 1. The number of aromatic nitrogens is 3. The van der Waals surface area contributed by atoms with Gasteiger partial charge in [0.2, 0.25) is 0 Å². The molecule has 0 atom stereocenters. The van der Waals surface area contributed by atoms with Crippen LogP contribution in [0.2, 0.25) is 5.15 Å². The Balaban J connectivity index is 2.95. The Labute approximate surface area is 73.4 Å². The molecular formula is C7H5ClN4. The van der Waals surface area contributed by atoms with Gasteiger partial charge in [-0.1, -0.05) is 11.6 Å². The Morgan fingerprint density at radius 1 is 1.33 bits per heavy atom. The van der Waals surface area contributed by atoms with Crippen LogP contribution in [0.25, 0.3) is 10.9 Å².